The molecule has 2 aromatic rings. The third-order valence-corrected chi connectivity index (χ3v) is 6.37. The molecule has 0 amide bonds. The van der Waals surface area contributed by atoms with Crippen molar-refractivity contribution < 1.29 is 27.8 Å². The maximum atomic E-state index is 12.6. The Morgan fingerprint density at radius 3 is 2.20 bits per heavy atom. The van der Waals surface area contributed by atoms with Gasteiger partial charge in [-0.05, 0) is 12.1 Å². The molecule has 0 aliphatic rings. The summed E-state index contributed by atoms with van der Waals surface area (Å²) < 4.78 is 35.7. The number of sulfonamides is 1. The van der Waals surface area contributed by atoms with Crippen LogP contribution < -0.4 is 21.5 Å². The molecule has 166 valence electrons. The van der Waals surface area contributed by atoms with Crippen LogP contribution in [0.3, 0.4) is 0 Å². The van der Waals surface area contributed by atoms with Crippen LogP contribution >= 0.6 is 11.6 Å². The lowest BCUT2D eigenvalue weighted by Gasteiger charge is -2.22. The maximum Gasteiger partial charge on any atom is 0.269 e. The van der Waals surface area contributed by atoms with E-state index < -0.39 is 37.6 Å². The molecule has 0 aliphatic heterocycles. The molecule has 0 saturated carbocycles. The van der Waals surface area contributed by atoms with Crippen molar-refractivity contribution in [3.8, 4) is 5.75 Å². The van der Waals surface area contributed by atoms with Crippen LogP contribution in [0, 0.1) is 0 Å². The summed E-state index contributed by atoms with van der Waals surface area (Å²) >= 11 is 5.97. The Labute approximate surface area is 177 Å². The van der Waals surface area contributed by atoms with Crippen LogP contribution in [0.15, 0.2) is 26.6 Å². The summed E-state index contributed by atoms with van der Waals surface area (Å²) in [5, 5.41) is 15.7. The average Bonchev–Trinajstić information content (AvgIpc) is 2.71. The lowest BCUT2D eigenvalue weighted by Crippen LogP contribution is -2.41. The third-order valence-electron chi connectivity index (χ3n) is 4.19. The summed E-state index contributed by atoms with van der Waals surface area (Å²) in [4.78, 5) is 28.1. The van der Waals surface area contributed by atoms with Crippen molar-refractivity contribution in [2.24, 2.45) is 0 Å². The number of nitrogens with zero attached hydrogens (tertiary/aromatic N) is 1. The van der Waals surface area contributed by atoms with Crippen molar-refractivity contribution in [1.29, 1.82) is 0 Å². The molecule has 2 rings (SSSR count). The van der Waals surface area contributed by atoms with Crippen LogP contribution in [-0.4, -0.2) is 65.6 Å². The monoisotopic (exact) mass is 463 g/mol. The number of hydrogen-bond acceptors (Lipinski definition) is 10. The van der Waals surface area contributed by atoms with E-state index >= 15 is 0 Å². The zero-order valence-electron chi connectivity index (χ0n) is 16.7. The van der Waals surface area contributed by atoms with Gasteiger partial charge in [-0.1, -0.05) is 16.1 Å². The van der Waals surface area contributed by atoms with Crippen LogP contribution in [0.4, 0.5) is 17.1 Å². The van der Waals surface area contributed by atoms with Gasteiger partial charge in [0.05, 0.1) is 37.1 Å². The summed E-state index contributed by atoms with van der Waals surface area (Å²) in [6.07, 6.45) is 0. The molecule has 0 fully saturated rings. The number of phenolic OH excluding ortho intramolecular Hbond substituents is 1. The van der Waals surface area contributed by atoms with E-state index in [1.54, 1.807) is 0 Å². The quantitative estimate of drug-likeness (QED) is 0.246. The topological polar surface area (TPSA) is 144 Å². The molecule has 0 atom stereocenters. The van der Waals surface area contributed by atoms with Gasteiger partial charge in [0.1, 0.15) is 16.3 Å². The number of nitrogens with one attached hydrogen (secondary N) is 2. The minimum atomic E-state index is -4.30. The van der Waals surface area contributed by atoms with Crippen molar-refractivity contribution in [3.05, 3.63) is 37.6 Å². The molecule has 0 heterocycles. The molecule has 0 aromatic heterocycles. The average molecular weight is 464 g/mol. The lowest BCUT2D eigenvalue weighted by molar-refractivity contribution is -0.0259. The number of rotatable bonds is 11. The summed E-state index contributed by atoms with van der Waals surface area (Å²) in [7, 11) is 0.889. The van der Waals surface area contributed by atoms with Crippen LogP contribution in [-0.2, 0) is 24.3 Å². The molecule has 0 aliphatic carbocycles. The minimum absolute atomic E-state index is 0.0353. The Balaban J connectivity index is 2.44. The van der Waals surface area contributed by atoms with Crippen molar-refractivity contribution in [1.82, 2.24) is 4.47 Å². The van der Waals surface area contributed by atoms with Gasteiger partial charge < -0.3 is 25.2 Å². The highest BCUT2D eigenvalue weighted by atomic mass is 35.5. The molecule has 0 unspecified atom stereocenters. The van der Waals surface area contributed by atoms with Gasteiger partial charge in [0.2, 0.25) is 0 Å². The van der Waals surface area contributed by atoms with Gasteiger partial charge in [0.15, 0.2) is 5.75 Å². The molecule has 13 heteroatoms. The fourth-order valence-electron chi connectivity index (χ4n) is 2.64. The largest absolute Gasteiger partial charge is 0.504 e. The van der Waals surface area contributed by atoms with Crippen molar-refractivity contribution in [2.75, 3.05) is 52.2 Å². The Hall–Kier alpha value is -2.22. The Morgan fingerprint density at radius 2 is 1.67 bits per heavy atom. The van der Waals surface area contributed by atoms with Crippen LogP contribution in [0.2, 0.25) is 5.02 Å². The second-order valence-corrected chi connectivity index (χ2v) is 8.43. The molecule has 0 saturated heterocycles. The summed E-state index contributed by atoms with van der Waals surface area (Å²) in [6.45, 7) is 0.397. The number of hydrogen-bond donors (Lipinski definition) is 3. The highest BCUT2D eigenvalue weighted by Crippen LogP contribution is 2.39. The fraction of sp³-hybridized carbons (Fsp3) is 0.412. The molecule has 30 heavy (non-hydrogen) atoms. The van der Waals surface area contributed by atoms with E-state index in [9.17, 15) is 23.1 Å². The van der Waals surface area contributed by atoms with Crippen LogP contribution in [0.5, 0.6) is 5.75 Å². The molecule has 2 aromatic carbocycles. The van der Waals surface area contributed by atoms with E-state index in [0.29, 0.717) is 4.47 Å². The first-order chi connectivity index (χ1) is 14.1. The zero-order chi connectivity index (χ0) is 22.6. The van der Waals surface area contributed by atoms with E-state index in [2.05, 4.69) is 15.5 Å². The third kappa shape index (κ3) is 4.58. The summed E-state index contributed by atoms with van der Waals surface area (Å²) in [5.74, 6) is -0.740. The lowest BCUT2D eigenvalue weighted by atomic mass is 10.1. The Kier molecular flexibility index (Phi) is 7.80. The first-order valence-corrected chi connectivity index (χ1v) is 10.3. The number of ether oxygens (including phenoxy) is 2. The number of aromatic hydroxyl groups is 1. The number of hydroxylamine groups is 1. The van der Waals surface area contributed by atoms with E-state index in [4.69, 9.17) is 21.1 Å². The second-order valence-electron chi connectivity index (χ2n) is 6.16. The van der Waals surface area contributed by atoms with Crippen molar-refractivity contribution in [3.63, 3.8) is 0 Å². The summed E-state index contributed by atoms with van der Waals surface area (Å²) in [5.41, 5.74) is -1.92. The van der Waals surface area contributed by atoms with Gasteiger partial charge in [-0.3, -0.25) is 14.4 Å². The smallest absolute Gasteiger partial charge is 0.269 e. The van der Waals surface area contributed by atoms with E-state index in [1.807, 2.05) is 0 Å². The maximum absolute atomic E-state index is 12.6. The van der Waals surface area contributed by atoms with Crippen LogP contribution in [0.1, 0.15) is 0 Å². The normalized spacial score (nSPS) is 12.1. The summed E-state index contributed by atoms with van der Waals surface area (Å²) in [6, 6.07) is 2.07. The first-order valence-electron chi connectivity index (χ1n) is 8.49. The molecule has 11 nitrogen and oxygen atoms in total. The molecule has 0 spiro atoms. The number of phenols is 1. The van der Waals surface area contributed by atoms with Crippen LogP contribution in [0.25, 0.3) is 0 Å². The molecule has 0 radical (unpaired) electrons. The molecule has 3 N–H and O–H groups in total. The second kappa shape index (κ2) is 9.73. The Bertz CT molecular complexity index is 1080. The SMILES string of the molecule is COCC(COC)Nc1c(Nc2ccc(Cl)c(S(=O)(=O)N(C)OC)c2O)c(=O)c1=O. The van der Waals surface area contributed by atoms with Crippen molar-refractivity contribution in [2.45, 2.75) is 10.9 Å². The zero-order valence-corrected chi connectivity index (χ0v) is 18.3. The van der Waals surface area contributed by atoms with E-state index in [-0.39, 0.29) is 35.3 Å². The van der Waals surface area contributed by atoms with Gasteiger partial charge in [0, 0.05) is 21.3 Å². The highest BCUT2D eigenvalue weighted by Gasteiger charge is 2.31. The van der Waals surface area contributed by atoms with Gasteiger partial charge in [-0.2, -0.15) is 0 Å². The predicted octanol–water partition coefficient (Wildman–Crippen LogP) is 0.640. The highest BCUT2D eigenvalue weighted by molar-refractivity contribution is 7.89. The number of benzene rings is 1. The standard InChI is InChI=1S/C17H22ClN3O8S/c1-21(29-4)30(25,26)17-10(18)5-6-11(14(17)22)20-13-12(15(23)16(13)24)19-9(7-27-2)8-28-3/h5-6,9,19-20,22H,7-8H2,1-4H3. The fourth-order valence-corrected chi connectivity index (χ4v) is 4.21. The van der Waals surface area contributed by atoms with Crippen molar-refractivity contribution >= 4 is 38.7 Å². The van der Waals surface area contributed by atoms with E-state index in [0.717, 1.165) is 14.2 Å². The first kappa shape index (κ1) is 24.1. The van der Waals surface area contributed by atoms with Gasteiger partial charge in [-0.15, -0.1) is 0 Å². The minimum Gasteiger partial charge on any atom is -0.504 e. The van der Waals surface area contributed by atoms with Gasteiger partial charge >= 0.3 is 0 Å². The van der Waals surface area contributed by atoms with Gasteiger partial charge in [-0.25, -0.2) is 8.42 Å². The number of halogens is 1. The molecular formula is C17H22ClN3O8S. The number of anilines is 3. The van der Waals surface area contributed by atoms with E-state index in [1.165, 1.54) is 26.4 Å². The van der Waals surface area contributed by atoms with Gasteiger partial charge in [0.25, 0.3) is 20.9 Å². The number of methoxy groups -OCH3 is 2. The molecule has 0 bridgehead atoms. The molecular weight excluding hydrogens is 442 g/mol. The Morgan fingerprint density at radius 1 is 1.10 bits per heavy atom. The predicted molar refractivity (Wildman–Crippen MR) is 111 cm³/mol.